The van der Waals surface area contributed by atoms with E-state index in [9.17, 15) is 13.2 Å². The number of benzene rings is 1. The van der Waals surface area contributed by atoms with Gasteiger partial charge >= 0.3 is 6.03 Å². The maximum atomic E-state index is 12.9. The number of rotatable bonds is 5. The highest BCUT2D eigenvalue weighted by atomic mass is 32.2. The third kappa shape index (κ3) is 4.59. The zero-order valence-corrected chi connectivity index (χ0v) is 17.9. The third-order valence-corrected chi connectivity index (χ3v) is 8.60. The number of carbonyl (C=O) groups excluding carboxylic acids is 1. The van der Waals surface area contributed by atoms with Crippen molar-refractivity contribution < 1.29 is 13.2 Å². The highest BCUT2D eigenvalue weighted by Crippen LogP contribution is 2.47. The zero-order chi connectivity index (χ0) is 20.3. The Bertz CT molecular complexity index is 794. The summed E-state index contributed by atoms with van der Waals surface area (Å²) in [6.07, 6.45) is 6.27. The van der Waals surface area contributed by atoms with Crippen molar-refractivity contribution >= 4 is 16.2 Å². The highest BCUT2D eigenvalue weighted by Gasteiger charge is 2.44. The van der Waals surface area contributed by atoms with Crippen molar-refractivity contribution in [2.24, 2.45) is 0 Å². The number of hydrogen-bond donors (Lipinski definition) is 1. The van der Waals surface area contributed by atoms with Gasteiger partial charge in [-0.1, -0.05) is 43.2 Å². The third-order valence-electron chi connectivity index (χ3n) is 6.56. The molecule has 1 N–H and O–H groups in total. The summed E-state index contributed by atoms with van der Waals surface area (Å²) in [7, 11) is -3.41. The van der Waals surface area contributed by atoms with Crippen LogP contribution in [0.4, 0.5) is 4.79 Å². The molecule has 2 amide bonds. The molecule has 4 rings (SSSR count). The fourth-order valence-electron chi connectivity index (χ4n) is 4.42. The SMILES string of the molecule is O=C(NCC1(c2ccccc2)CC1)N1CCN(S(=O)(=O)N2CCCCCC2)CC1. The first-order chi connectivity index (χ1) is 14.0. The maximum absolute atomic E-state index is 12.9. The molecule has 0 radical (unpaired) electrons. The first-order valence-electron chi connectivity index (χ1n) is 10.8. The second kappa shape index (κ2) is 8.62. The molecule has 2 saturated heterocycles. The smallest absolute Gasteiger partial charge is 0.317 e. The van der Waals surface area contributed by atoms with Gasteiger partial charge in [0.25, 0.3) is 10.2 Å². The number of urea groups is 1. The van der Waals surface area contributed by atoms with Gasteiger partial charge < -0.3 is 10.2 Å². The maximum Gasteiger partial charge on any atom is 0.317 e. The van der Waals surface area contributed by atoms with E-state index >= 15 is 0 Å². The van der Waals surface area contributed by atoms with Gasteiger partial charge in [0.2, 0.25) is 0 Å². The highest BCUT2D eigenvalue weighted by molar-refractivity contribution is 7.86. The van der Waals surface area contributed by atoms with Crippen LogP contribution in [0.5, 0.6) is 0 Å². The van der Waals surface area contributed by atoms with Gasteiger partial charge in [-0.3, -0.25) is 0 Å². The van der Waals surface area contributed by atoms with Crippen LogP contribution in [-0.4, -0.2) is 73.8 Å². The molecule has 1 aliphatic carbocycles. The van der Waals surface area contributed by atoms with E-state index in [4.69, 9.17) is 0 Å². The molecule has 1 aromatic carbocycles. The number of hydrogen-bond acceptors (Lipinski definition) is 3. The first-order valence-corrected chi connectivity index (χ1v) is 12.2. The molecule has 29 heavy (non-hydrogen) atoms. The van der Waals surface area contributed by atoms with Gasteiger partial charge in [-0.05, 0) is 31.2 Å². The summed E-state index contributed by atoms with van der Waals surface area (Å²) in [5, 5.41) is 3.09. The molecular weight excluding hydrogens is 388 g/mol. The topological polar surface area (TPSA) is 73.0 Å². The minimum Gasteiger partial charge on any atom is -0.337 e. The minimum atomic E-state index is -3.41. The Balaban J connectivity index is 1.27. The van der Waals surface area contributed by atoms with Gasteiger partial charge in [-0.25, -0.2) is 4.79 Å². The van der Waals surface area contributed by atoms with Crippen LogP contribution < -0.4 is 5.32 Å². The molecule has 1 saturated carbocycles. The molecule has 0 spiro atoms. The van der Waals surface area contributed by atoms with E-state index in [1.165, 1.54) is 5.56 Å². The van der Waals surface area contributed by atoms with Crippen molar-refractivity contribution in [3.05, 3.63) is 35.9 Å². The summed E-state index contributed by atoms with van der Waals surface area (Å²) in [4.78, 5) is 14.4. The van der Waals surface area contributed by atoms with E-state index in [0.717, 1.165) is 38.5 Å². The fraction of sp³-hybridized carbons (Fsp3) is 0.667. The Hall–Kier alpha value is -1.64. The van der Waals surface area contributed by atoms with Crippen molar-refractivity contribution in [2.75, 3.05) is 45.8 Å². The quantitative estimate of drug-likeness (QED) is 0.793. The molecule has 2 aliphatic heterocycles. The van der Waals surface area contributed by atoms with Crippen LogP contribution in [0.1, 0.15) is 44.1 Å². The van der Waals surface area contributed by atoms with E-state index in [-0.39, 0.29) is 11.4 Å². The normalized spacial score (nSPS) is 23.4. The van der Waals surface area contributed by atoms with Crippen LogP contribution in [0.3, 0.4) is 0 Å². The number of nitrogens with zero attached hydrogens (tertiary/aromatic N) is 3. The second-order valence-corrected chi connectivity index (χ2v) is 10.4. The first kappa shape index (κ1) is 20.6. The van der Waals surface area contributed by atoms with Gasteiger partial charge in [-0.2, -0.15) is 17.0 Å². The summed E-state index contributed by atoms with van der Waals surface area (Å²) in [5.41, 5.74) is 1.36. The Kier molecular flexibility index (Phi) is 6.13. The summed E-state index contributed by atoms with van der Waals surface area (Å²) in [6.45, 7) is 3.50. The minimum absolute atomic E-state index is 0.0782. The fourth-order valence-corrected chi connectivity index (χ4v) is 6.10. The van der Waals surface area contributed by atoms with Gasteiger partial charge in [0, 0.05) is 51.2 Å². The van der Waals surface area contributed by atoms with Crippen LogP contribution in [0, 0.1) is 0 Å². The van der Waals surface area contributed by atoms with Gasteiger partial charge in [0.15, 0.2) is 0 Å². The molecule has 0 bridgehead atoms. The molecule has 1 aromatic rings. The summed E-state index contributed by atoms with van der Waals surface area (Å²) in [5.74, 6) is 0. The van der Waals surface area contributed by atoms with Crippen LogP contribution in [0.25, 0.3) is 0 Å². The van der Waals surface area contributed by atoms with Crippen molar-refractivity contribution in [2.45, 2.75) is 43.9 Å². The van der Waals surface area contributed by atoms with Gasteiger partial charge in [-0.15, -0.1) is 0 Å². The Morgan fingerprint density at radius 2 is 1.45 bits per heavy atom. The molecule has 8 heteroatoms. The average molecular weight is 421 g/mol. The van der Waals surface area contributed by atoms with E-state index in [0.29, 0.717) is 45.8 Å². The van der Waals surface area contributed by atoms with Gasteiger partial charge in [0.1, 0.15) is 0 Å². The molecule has 0 unspecified atom stereocenters. The van der Waals surface area contributed by atoms with Crippen LogP contribution in [0.15, 0.2) is 30.3 Å². The number of piperazine rings is 1. The van der Waals surface area contributed by atoms with Crippen LogP contribution in [0.2, 0.25) is 0 Å². The molecule has 160 valence electrons. The number of nitrogens with one attached hydrogen (secondary N) is 1. The zero-order valence-electron chi connectivity index (χ0n) is 17.1. The Labute approximate surface area is 174 Å². The summed E-state index contributed by atoms with van der Waals surface area (Å²) < 4.78 is 29.0. The lowest BCUT2D eigenvalue weighted by Crippen LogP contribution is -2.56. The Morgan fingerprint density at radius 3 is 2.03 bits per heavy atom. The van der Waals surface area contributed by atoms with Gasteiger partial charge in [0.05, 0.1) is 0 Å². The average Bonchev–Trinajstić information content (AvgIpc) is 3.57. The molecular formula is C21H32N4O3S. The van der Waals surface area contributed by atoms with Crippen molar-refractivity contribution in [1.82, 2.24) is 18.8 Å². The molecule has 2 heterocycles. The molecule has 7 nitrogen and oxygen atoms in total. The van der Waals surface area contributed by atoms with Crippen LogP contribution >= 0.6 is 0 Å². The van der Waals surface area contributed by atoms with E-state index in [1.54, 1.807) is 13.5 Å². The van der Waals surface area contributed by atoms with Crippen molar-refractivity contribution in [3.8, 4) is 0 Å². The predicted molar refractivity (Wildman–Crippen MR) is 113 cm³/mol. The standard InChI is InChI=1S/C21H32N4O3S/c26-20(22-18-21(10-11-21)19-8-4-3-5-9-19)23-14-16-25(17-15-23)29(27,28)24-12-6-1-2-7-13-24/h3-5,8-9H,1-2,6-7,10-18H2,(H,22,26). The van der Waals surface area contributed by atoms with E-state index in [2.05, 4.69) is 17.4 Å². The largest absolute Gasteiger partial charge is 0.337 e. The lowest BCUT2D eigenvalue weighted by molar-refractivity contribution is 0.168. The molecule has 3 aliphatic rings. The van der Waals surface area contributed by atoms with Crippen molar-refractivity contribution in [1.29, 1.82) is 0 Å². The van der Waals surface area contributed by atoms with Crippen molar-refractivity contribution in [3.63, 3.8) is 0 Å². The summed E-state index contributed by atoms with van der Waals surface area (Å²) >= 11 is 0. The number of amides is 2. The predicted octanol–water partition coefficient (Wildman–Crippen LogP) is 2.17. The Morgan fingerprint density at radius 1 is 0.862 bits per heavy atom. The molecule has 0 atom stereocenters. The number of carbonyl (C=O) groups is 1. The molecule has 0 aromatic heterocycles. The second-order valence-electron chi connectivity index (χ2n) is 8.51. The van der Waals surface area contributed by atoms with Crippen LogP contribution in [-0.2, 0) is 15.6 Å². The lowest BCUT2D eigenvalue weighted by atomic mass is 9.96. The summed E-state index contributed by atoms with van der Waals surface area (Å²) in [6, 6.07) is 10.3. The monoisotopic (exact) mass is 420 g/mol. The van der Waals surface area contributed by atoms with E-state index < -0.39 is 10.2 Å². The molecule has 3 fully saturated rings. The van der Waals surface area contributed by atoms with E-state index in [1.807, 2.05) is 18.2 Å². The lowest BCUT2D eigenvalue weighted by Gasteiger charge is -2.36.